The average Bonchev–Trinajstić information content (AvgIpc) is 3.06. The van der Waals surface area contributed by atoms with Crippen molar-refractivity contribution in [2.45, 2.75) is 32.8 Å². The number of nitrogens with zero attached hydrogens (tertiary/aromatic N) is 3. The van der Waals surface area contributed by atoms with Gasteiger partial charge in [-0.05, 0) is 38.1 Å². The van der Waals surface area contributed by atoms with Crippen LogP contribution in [0.4, 0.5) is 0 Å². The Morgan fingerprint density at radius 3 is 2.84 bits per heavy atom. The van der Waals surface area contributed by atoms with Crippen molar-refractivity contribution in [1.29, 1.82) is 0 Å². The molecule has 0 unspecified atom stereocenters. The highest BCUT2D eigenvalue weighted by Gasteiger charge is 2.14. The first-order chi connectivity index (χ1) is 12.2. The molecule has 2 aromatic rings. The number of piperidine rings is 1. The van der Waals surface area contributed by atoms with Crippen molar-refractivity contribution in [3.63, 3.8) is 0 Å². The molecule has 1 aliphatic rings. The molecule has 3 rings (SSSR count). The quantitative estimate of drug-likeness (QED) is 0.829. The fourth-order valence-electron chi connectivity index (χ4n) is 2.93. The van der Waals surface area contributed by atoms with E-state index in [2.05, 4.69) is 20.4 Å². The number of rotatable bonds is 7. The van der Waals surface area contributed by atoms with Crippen LogP contribution < -0.4 is 10.1 Å². The summed E-state index contributed by atoms with van der Waals surface area (Å²) >= 11 is 0. The van der Waals surface area contributed by atoms with Crippen molar-refractivity contribution in [3.8, 4) is 5.75 Å². The second-order valence-electron chi connectivity index (χ2n) is 6.17. The van der Waals surface area contributed by atoms with E-state index in [0.29, 0.717) is 29.6 Å². The molecule has 25 heavy (non-hydrogen) atoms. The van der Waals surface area contributed by atoms with Crippen LogP contribution in [0.25, 0.3) is 0 Å². The van der Waals surface area contributed by atoms with E-state index in [9.17, 15) is 4.79 Å². The third-order valence-electron chi connectivity index (χ3n) is 4.22. The van der Waals surface area contributed by atoms with Crippen molar-refractivity contribution in [2.75, 3.05) is 26.2 Å². The summed E-state index contributed by atoms with van der Waals surface area (Å²) in [6.07, 6.45) is 3.81. The molecule has 1 saturated heterocycles. The molecular weight excluding hydrogens is 320 g/mol. The first-order valence-corrected chi connectivity index (χ1v) is 8.74. The molecule has 0 radical (unpaired) electrons. The van der Waals surface area contributed by atoms with E-state index in [4.69, 9.17) is 9.26 Å². The Hall–Kier alpha value is -2.41. The van der Waals surface area contributed by atoms with Crippen molar-refractivity contribution >= 4 is 5.91 Å². The van der Waals surface area contributed by atoms with E-state index in [-0.39, 0.29) is 12.5 Å². The highest BCUT2D eigenvalue weighted by molar-refractivity contribution is 5.96. The summed E-state index contributed by atoms with van der Waals surface area (Å²) in [6, 6.07) is 7.19. The lowest BCUT2D eigenvalue weighted by molar-refractivity contribution is 0.0942. The minimum atomic E-state index is -0.128. The maximum Gasteiger partial charge on any atom is 0.255 e. The summed E-state index contributed by atoms with van der Waals surface area (Å²) in [5.41, 5.74) is 0.515. The smallest absolute Gasteiger partial charge is 0.255 e. The topological polar surface area (TPSA) is 80.5 Å². The number of carbonyl (C=O) groups excluding carboxylic acids is 1. The molecule has 7 nitrogen and oxygen atoms in total. The molecule has 1 N–H and O–H groups in total. The summed E-state index contributed by atoms with van der Waals surface area (Å²) in [7, 11) is 0. The molecule has 1 aromatic heterocycles. The number of aromatic nitrogens is 2. The Morgan fingerprint density at radius 2 is 2.08 bits per heavy atom. The molecule has 1 amide bonds. The van der Waals surface area contributed by atoms with Crippen molar-refractivity contribution in [1.82, 2.24) is 20.4 Å². The Kier molecular flexibility index (Phi) is 6.00. The van der Waals surface area contributed by atoms with E-state index < -0.39 is 0 Å². The van der Waals surface area contributed by atoms with Gasteiger partial charge in [0.25, 0.3) is 5.91 Å². The monoisotopic (exact) mass is 344 g/mol. The number of hydrogen-bond acceptors (Lipinski definition) is 6. The SMILES string of the molecule is Cc1nc(COc2ccccc2C(=O)NCCN2CCCCC2)no1. The zero-order chi connectivity index (χ0) is 17.5. The lowest BCUT2D eigenvalue weighted by Gasteiger charge is -2.26. The number of para-hydroxylation sites is 1. The molecule has 0 atom stereocenters. The number of carbonyl (C=O) groups is 1. The Labute approximate surface area is 147 Å². The van der Waals surface area contributed by atoms with Crippen LogP contribution in [-0.4, -0.2) is 47.1 Å². The van der Waals surface area contributed by atoms with Gasteiger partial charge in [-0.3, -0.25) is 4.79 Å². The van der Waals surface area contributed by atoms with Gasteiger partial charge in [0.05, 0.1) is 5.56 Å². The summed E-state index contributed by atoms with van der Waals surface area (Å²) in [5, 5.41) is 6.77. The Bertz CT molecular complexity index is 695. The Morgan fingerprint density at radius 1 is 1.28 bits per heavy atom. The Balaban J connectivity index is 1.52. The lowest BCUT2D eigenvalue weighted by atomic mass is 10.1. The van der Waals surface area contributed by atoms with Gasteiger partial charge in [-0.1, -0.05) is 23.7 Å². The van der Waals surface area contributed by atoms with Crippen LogP contribution in [0, 0.1) is 6.92 Å². The maximum absolute atomic E-state index is 12.5. The van der Waals surface area contributed by atoms with Crippen LogP contribution in [0.2, 0.25) is 0 Å². The average molecular weight is 344 g/mol. The normalized spacial score (nSPS) is 15.1. The molecule has 7 heteroatoms. The third kappa shape index (κ3) is 5.03. The molecule has 2 heterocycles. The molecule has 0 saturated carbocycles. The number of benzene rings is 1. The molecule has 1 fully saturated rings. The van der Waals surface area contributed by atoms with Gasteiger partial charge in [-0.2, -0.15) is 4.98 Å². The summed E-state index contributed by atoms with van der Waals surface area (Å²) in [4.78, 5) is 18.9. The fraction of sp³-hybridized carbons (Fsp3) is 0.500. The van der Waals surface area contributed by atoms with Crippen molar-refractivity contribution in [2.24, 2.45) is 0 Å². The second-order valence-corrected chi connectivity index (χ2v) is 6.17. The van der Waals surface area contributed by atoms with E-state index >= 15 is 0 Å². The zero-order valence-corrected chi connectivity index (χ0v) is 14.5. The summed E-state index contributed by atoms with van der Waals surface area (Å²) < 4.78 is 10.6. The molecular formula is C18H24N4O3. The van der Waals surface area contributed by atoms with Gasteiger partial charge >= 0.3 is 0 Å². The number of hydrogen-bond donors (Lipinski definition) is 1. The van der Waals surface area contributed by atoms with Gasteiger partial charge in [0.1, 0.15) is 5.75 Å². The highest BCUT2D eigenvalue weighted by atomic mass is 16.5. The minimum absolute atomic E-state index is 0.128. The van der Waals surface area contributed by atoms with Gasteiger partial charge in [0.15, 0.2) is 6.61 Å². The molecule has 0 bridgehead atoms. The van der Waals surface area contributed by atoms with Crippen LogP contribution in [0.1, 0.15) is 41.3 Å². The third-order valence-corrected chi connectivity index (χ3v) is 4.22. The maximum atomic E-state index is 12.5. The first kappa shape index (κ1) is 17.4. The second kappa shape index (κ2) is 8.62. The lowest BCUT2D eigenvalue weighted by Crippen LogP contribution is -2.37. The van der Waals surface area contributed by atoms with E-state index in [1.165, 1.54) is 19.3 Å². The number of nitrogens with one attached hydrogen (secondary N) is 1. The highest BCUT2D eigenvalue weighted by Crippen LogP contribution is 2.19. The van der Waals surface area contributed by atoms with Gasteiger partial charge in [-0.25, -0.2) is 0 Å². The number of likely N-dealkylation sites (tertiary alicyclic amines) is 1. The molecule has 0 aliphatic carbocycles. The van der Waals surface area contributed by atoms with Crippen LogP contribution in [0.15, 0.2) is 28.8 Å². The molecule has 0 spiro atoms. The summed E-state index contributed by atoms with van der Waals surface area (Å²) in [5.74, 6) is 1.33. The van der Waals surface area contributed by atoms with Crippen LogP contribution >= 0.6 is 0 Å². The first-order valence-electron chi connectivity index (χ1n) is 8.74. The fourth-order valence-corrected chi connectivity index (χ4v) is 2.93. The van der Waals surface area contributed by atoms with E-state index in [0.717, 1.165) is 19.6 Å². The molecule has 1 aromatic carbocycles. The number of aryl methyl sites for hydroxylation is 1. The van der Waals surface area contributed by atoms with Gasteiger partial charge in [-0.15, -0.1) is 0 Å². The zero-order valence-electron chi connectivity index (χ0n) is 14.5. The van der Waals surface area contributed by atoms with E-state index in [1.807, 2.05) is 12.1 Å². The van der Waals surface area contributed by atoms with Crippen LogP contribution in [-0.2, 0) is 6.61 Å². The van der Waals surface area contributed by atoms with Crippen molar-refractivity contribution in [3.05, 3.63) is 41.5 Å². The molecule has 1 aliphatic heterocycles. The van der Waals surface area contributed by atoms with Crippen molar-refractivity contribution < 1.29 is 14.1 Å². The largest absolute Gasteiger partial charge is 0.485 e. The number of ether oxygens (including phenoxy) is 1. The van der Waals surface area contributed by atoms with Crippen LogP contribution in [0.3, 0.4) is 0 Å². The number of amides is 1. The predicted molar refractivity (Wildman–Crippen MR) is 92.4 cm³/mol. The van der Waals surface area contributed by atoms with E-state index in [1.54, 1.807) is 19.1 Å². The standard InChI is InChI=1S/C18H24N4O3/c1-14-20-17(21-25-14)13-24-16-8-4-3-7-15(16)18(23)19-9-12-22-10-5-2-6-11-22/h3-4,7-8H,2,5-6,9-13H2,1H3,(H,19,23). The van der Waals surface area contributed by atoms with Gasteiger partial charge < -0.3 is 19.5 Å². The minimum Gasteiger partial charge on any atom is -0.485 e. The van der Waals surface area contributed by atoms with Crippen LogP contribution in [0.5, 0.6) is 5.75 Å². The van der Waals surface area contributed by atoms with Gasteiger partial charge in [0, 0.05) is 20.0 Å². The molecule has 134 valence electrons. The van der Waals surface area contributed by atoms with Gasteiger partial charge in [0.2, 0.25) is 11.7 Å². The predicted octanol–water partition coefficient (Wildman–Crippen LogP) is 2.17. The summed E-state index contributed by atoms with van der Waals surface area (Å²) in [6.45, 7) is 5.66.